The van der Waals surface area contributed by atoms with Gasteiger partial charge in [-0.05, 0) is 31.2 Å². The fourth-order valence-corrected chi connectivity index (χ4v) is 3.61. The van der Waals surface area contributed by atoms with Gasteiger partial charge in [0.25, 0.3) is 5.91 Å². The van der Waals surface area contributed by atoms with E-state index in [1.54, 1.807) is 30.0 Å². The van der Waals surface area contributed by atoms with Crippen LogP contribution in [0.1, 0.15) is 22.6 Å². The van der Waals surface area contributed by atoms with Crippen LogP contribution in [-0.2, 0) is 0 Å². The Morgan fingerprint density at radius 2 is 2.41 bits per heavy atom. The summed E-state index contributed by atoms with van der Waals surface area (Å²) in [5.41, 5.74) is 0.522. The van der Waals surface area contributed by atoms with E-state index in [1.165, 1.54) is 0 Å². The first-order valence-corrected chi connectivity index (χ1v) is 8.08. The molecule has 1 aromatic heterocycles. The number of aromatic amines is 1. The molecule has 3 rings (SSSR count). The second-order valence-corrected chi connectivity index (χ2v) is 6.38. The number of hydrogen-bond donors (Lipinski definition) is 2. The Hall–Kier alpha value is -2.33. The van der Waals surface area contributed by atoms with E-state index in [9.17, 15) is 10.1 Å². The van der Waals surface area contributed by atoms with Gasteiger partial charge >= 0.3 is 0 Å². The van der Waals surface area contributed by atoms with Crippen LogP contribution >= 0.6 is 11.8 Å². The molecule has 2 heterocycles. The average Bonchev–Trinajstić information content (AvgIpc) is 3.17. The predicted octanol–water partition coefficient (Wildman–Crippen LogP) is 1.91. The van der Waals surface area contributed by atoms with Gasteiger partial charge in [-0.3, -0.25) is 9.89 Å². The quantitative estimate of drug-likeness (QED) is 0.902. The summed E-state index contributed by atoms with van der Waals surface area (Å²) in [7, 11) is 0. The number of hydrogen-bond acceptors (Lipinski definition) is 5. The van der Waals surface area contributed by atoms with Crippen LogP contribution in [0, 0.1) is 18.3 Å². The van der Waals surface area contributed by atoms with E-state index in [-0.39, 0.29) is 5.91 Å². The van der Waals surface area contributed by atoms with Crippen LogP contribution in [0.2, 0.25) is 0 Å². The number of rotatable bonds is 3. The molecule has 1 aliphatic heterocycles. The maximum atomic E-state index is 12.4. The van der Waals surface area contributed by atoms with Gasteiger partial charge in [0.2, 0.25) is 0 Å². The summed E-state index contributed by atoms with van der Waals surface area (Å²) < 4.78 is 0. The van der Waals surface area contributed by atoms with Crippen LogP contribution in [0.5, 0.6) is 0 Å². The first-order chi connectivity index (χ1) is 10.6. The maximum absolute atomic E-state index is 12.4. The highest BCUT2D eigenvalue weighted by atomic mass is 32.2. The fraction of sp³-hybridized carbons (Fsp3) is 0.333. The number of aromatic nitrogens is 3. The van der Waals surface area contributed by atoms with E-state index in [0.717, 1.165) is 17.1 Å². The molecule has 0 spiro atoms. The molecular formula is C15H15N5OS. The summed E-state index contributed by atoms with van der Waals surface area (Å²) >= 11 is 1.68. The Morgan fingerprint density at radius 1 is 1.55 bits per heavy atom. The summed E-state index contributed by atoms with van der Waals surface area (Å²) in [6.45, 7) is 1.82. The molecule has 112 valence electrons. The van der Waals surface area contributed by atoms with Crippen LogP contribution in [0.15, 0.2) is 24.3 Å². The third-order valence-electron chi connectivity index (χ3n) is 3.57. The number of nitrogens with zero attached hydrogens (tertiary/aromatic N) is 3. The Bertz CT molecular complexity index is 742. The summed E-state index contributed by atoms with van der Waals surface area (Å²) in [5.74, 6) is 2.56. The first-order valence-electron chi connectivity index (χ1n) is 6.93. The lowest BCUT2D eigenvalue weighted by molar-refractivity contribution is 0.0926. The van der Waals surface area contributed by atoms with Crippen molar-refractivity contribution in [1.29, 1.82) is 5.26 Å². The molecule has 1 aliphatic rings. The Labute approximate surface area is 132 Å². The number of amides is 1. The minimum absolute atomic E-state index is 0.238. The number of carbonyl (C=O) groups is 1. The number of nitriles is 1. The molecule has 0 saturated carbocycles. The van der Waals surface area contributed by atoms with Gasteiger partial charge in [-0.1, -0.05) is 12.1 Å². The standard InChI is InChI=1S/C15H15N5OS/c1-10-17-13(20-19-10)11-3-2-4-12(7-11)14(21)18-15(8-16)5-6-22-9-15/h2-4,7H,5-6,9H2,1H3,(H,18,21)(H,17,19,20). The van der Waals surface area contributed by atoms with Crippen molar-refractivity contribution in [2.24, 2.45) is 0 Å². The lowest BCUT2D eigenvalue weighted by Crippen LogP contribution is -2.47. The third kappa shape index (κ3) is 2.83. The minimum Gasteiger partial charge on any atom is -0.333 e. The van der Waals surface area contributed by atoms with Gasteiger partial charge in [-0.2, -0.15) is 22.1 Å². The summed E-state index contributed by atoms with van der Waals surface area (Å²) in [6, 6.07) is 9.36. The van der Waals surface area contributed by atoms with Gasteiger partial charge in [0.15, 0.2) is 5.82 Å². The molecule has 1 unspecified atom stereocenters. The molecule has 0 radical (unpaired) electrons. The lowest BCUT2D eigenvalue weighted by atomic mass is 10.00. The van der Waals surface area contributed by atoms with E-state index in [2.05, 4.69) is 26.6 Å². The highest BCUT2D eigenvalue weighted by Crippen LogP contribution is 2.28. The van der Waals surface area contributed by atoms with Crippen molar-refractivity contribution in [3.05, 3.63) is 35.7 Å². The number of H-pyrrole nitrogens is 1. The van der Waals surface area contributed by atoms with Crippen LogP contribution in [-0.4, -0.2) is 38.1 Å². The molecule has 0 bridgehead atoms. The highest BCUT2D eigenvalue weighted by molar-refractivity contribution is 7.99. The smallest absolute Gasteiger partial charge is 0.252 e. The SMILES string of the molecule is Cc1nc(-c2cccc(C(=O)NC3(C#N)CCSC3)c2)n[nH]1. The van der Waals surface area contributed by atoms with Gasteiger partial charge < -0.3 is 5.32 Å². The van der Waals surface area contributed by atoms with Crippen molar-refractivity contribution >= 4 is 17.7 Å². The van der Waals surface area contributed by atoms with E-state index in [1.807, 2.05) is 13.0 Å². The maximum Gasteiger partial charge on any atom is 0.252 e. The minimum atomic E-state index is -0.751. The molecule has 7 heteroatoms. The molecule has 1 aromatic carbocycles. The Kier molecular flexibility index (Phi) is 3.86. The van der Waals surface area contributed by atoms with Gasteiger partial charge in [0.1, 0.15) is 11.4 Å². The van der Waals surface area contributed by atoms with Gasteiger partial charge in [-0.25, -0.2) is 4.98 Å². The summed E-state index contributed by atoms with van der Waals surface area (Å²) in [6.07, 6.45) is 0.680. The molecule has 6 nitrogen and oxygen atoms in total. The molecule has 1 fully saturated rings. The number of benzene rings is 1. The summed E-state index contributed by atoms with van der Waals surface area (Å²) in [5, 5.41) is 19.1. The topological polar surface area (TPSA) is 94.5 Å². The summed E-state index contributed by atoms with van der Waals surface area (Å²) in [4.78, 5) is 16.7. The lowest BCUT2D eigenvalue weighted by Gasteiger charge is -2.21. The largest absolute Gasteiger partial charge is 0.333 e. The molecule has 1 saturated heterocycles. The van der Waals surface area contributed by atoms with Gasteiger partial charge in [-0.15, -0.1) is 0 Å². The second kappa shape index (κ2) is 5.81. The van der Waals surface area contributed by atoms with Crippen molar-refractivity contribution in [1.82, 2.24) is 20.5 Å². The van der Waals surface area contributed by atoms with Crippen molar-refractivity contribution < 1.29 is 4.79 Å². The van der Waals surface area contributed by atoms with Crippen LogP contribution < -0.4 is 5.32 Å². The Morgan fingerprint density at radius 3 is 3.05 bits per heavy atom. The molecule has 22 heavy (non-hydrogen) atoms. The first kappa shape index (κ1) is 14.6. The zero-order valence-corrected chi connectivity index (χ0v) is 12.9. The average molecular weight is 313 g/mol. The number of aryl methyl sites for hydroxylation is 1. The Balaban J connectivity index is 1.83. The molecule has 1 atom stereocenters. The van der Waals surface area contributed by atoms with Gasteiger partial charge in [0.05, 0.1) is 6.07 Å². The van der Waals surface area contributed by atoms with E-state index in [4.69, 9.17) is 0 Å². The monoisotopic (exact) mass is 313 g/mol. The van der Waals surface area contributed by atoms with Crippen molar-refractivity contribution in [2.45, 2.75) is 18.9 Å². The third-order valence-corrected chi connectivity index (χ3v) is 4.76. The molecule has 2 N–H and O–H groups in total. The second-order valence-electron chi connectivity index (χ2n) is 5.28. The van der Waals surface area contributed by atoms with E-state index in [0.29, 0.717) is 23.6 Å². The van der Waals surface area contributed by atoms with Crippen molar-refractivity contribution in [2.75, 3.05) is 11.5 Å². The van der Waals surface area contributed by atoms with E-state index >= 15 is 0 Å². The van der Waals surface area contributed by atoms with Crippen LogP contribution in [0.25, 0.3) is 11.4 Å². The normalized spacial score (nSPS) is 20.5. The molecule has 0 aliphatic carbocycles. The zero-order valence-electron chi connectivity index (χ0n) is 12.1. The van der Waals surface area contributed by atoms with Gasteiger partial charge in [0, 0.05) is 16.9 Å². The van der Waals surface area contributed by atoms with E-state index < -0.39 is 5.54 Å². The molecule has 1 amide bonds. The predicted molar refractivity (Wildman–Crippen MR) is 84.3 cm³/mol. The fourth-order valence-electron chi connectivity index (χ4n) is 2.34. The number of carbonyl (C=O) groups excluding carboxylic acids is 1. The highest BCUT2D eigenvalue weighted by Gasteiger charge is 2.36. The van der Waals surface area contributed by atoms with Crippen LogP contribution in [0.3, 0.4) is 0 Å². The molecular weight excluding hydrogens is 298 g/mol. The van der Waals surface area contributed by atoms with Crippen molar-refractivity contribution in [3.8, 4) is 17.5 Å². The number of nitrogens with one attached hydrogen (secondary N) is 2. The van der Waals surface area contributed by atoms with Crippen molar-refractivity contribution in [3.63, 3.8) is 0 Å². The number of thioether (sulfide) groups is 1. The zero-order chi connectivity index (χ0) is 15.6. The molecule has 2 aromatic rings. The van der Waals surface area contributed by atoms with Crippen LogP contribution in [0.4, 0.5) is 0 Å².